The lowest BCUT2D eigenvalue weighted by Crippen LogP contribution is -2.31. The van der Waals surface area contributed by atoms with E-state index in [1.807, 2.05) is 24.3 Å². The summed E-state index contributed by atoms with van der Waals surface area (Å²) in [7, 11) is 3.13. The highest BCUT2D eigenvalue weighted by atomic mass is 16.5. The zero-order valence-corrected chi connectivity index (χ0v) is 16.2. The number of benzene rings is 1. The van der Waals surface area contributed by atoms with Crippen LogP contribution in [0.1, 0.15) is 16.9 Å². The van der Waals surface area contributed by atoms with Crippen molar-refractivity contribution < 1.29 is 19.0 Å². The van der Waals surface area contributed by atoms with Gasteiger partial charge in [-0.15, -0.1) is 0 Å². The van der Waals surface area contributed by atoms with Crippen LogP contribution in [0.2, 0.25) is 0 Å². The predicted octanol–water partition coefficient (Wildman–Crippen LogP) is 2.18. The number of aromatic amines is 1. The highest BCUT2D eigenvalue weighted by Crippen LogP contribution is 2.29. The predicted molar refractivity (Wildman–Crippen MR) is 104 cm³/mol. The summed E-state index contributed by atoms with van der Waals surface area (Å²) in [5, 5.41) is 7.11. The third-order valence-corrected chi connectivity index (χ3v) is 4.71. The van der Waals surface area contributed by atoms with Crippen molar-refractivity contribution in [1.29, 1.82) is 0 Å². The van der Waals surface area contributed by atoms with Crippen LogP contribution in [0.15, 0.2) is 42.7 Å². The van der Waals surface area contributed by atoms with Crippen LogP contribution >= 0.6 is 0 Å². The first-order chi connectivity index (χ1) is 14.2. The van der Waals surface area contributed by atoms with Gasteiger partial charge in [0, 0.05) is 18.5 Å². The standard InChI is InChI=1S/C20H21N5O4/c1-27-17-6-4-3-5-14(17)15-9-16(24-23-15)20(26)25-8-7-13(12-25)29-19-11-21-10-18(22-19)28-2/h3-6,9-11,13H,7-8,12H2,1-2H3,(H,23,24). The first-order valence-electron chi connectivity index (χ1n) is 9.18. The average Bonchev–Trinajstić information content (AvgIpc) is 3.43. The summed E-state index contributed by atoms with van der Waals surface area (Å²) in [6.45, 7) is 1.05. The van der Waals surface area contributed by atoms with Gasteiger partial charge in [-0.25, -0.2) is 0 Å². The van der Waals surface area contributed by atoms with Crippen LogP contribution in [0.3, 0.4) is 0 Å². The molecule has 3 heterocycles. The van der Waals surface area contributed by atoms with E-state index < -0.39 is 0 Å². The molecule has 3 aromatic rings. The molecule has 1 N–H and O–H groups in total. The normalized spacial score (nSPS) is 15.9. The van der Waals surface area contributed by atoms with E-state index in [4.69, 9.17) is 14.2 Å². The highest BCUT2D eigenvalue weighted by Gasteiger charge is 2.30. The molecule has 0 bridgehead atoms. The second-order valence-electron chi connectivity index (χ2n) is 6.55. The number of hydrogen-bond acceptors (Lipinski definition) is 7. The van der Waals surface area contributed by atoms with Crippen molar-refractivity contribution >= 4 is 5.91 Å². The van der Waals surface area contributed by atoms with Crippen molar-refractivity contribution in [2.75, 3.05) is 27.3 Å². The molecule has 1 fully saturated rings. The number of nitrogens with one attached hydrogen (secondary N) is 1. The Labute approximate surface area is 167 Å². The van der Waals surface area contributed by atoms with Gasteiger partial charge in [0.2, 0.25) is 11.8 Å². The molecule has 1 amide bonds. The molecular formula is C20H21N5O4. The zero-order valence-electron chi connectivity index (χ0n) is 16.2. The smallest absolute Gasteiger partial charge is 0.272 e. The number of amides is 1. The number of para-hydroxylation sites is 1. The molecule has 1 saturated heterocycles. The van der Waals surface area contributed by atoms with Crippen LogP contribution in [0.25, 0.3) is 11.3 Å². The van der Waals surface area contributed by atoms with Gasteiger partial charge in [0.1, 0.15) is 17.5 Å². The van der Waals surface area contributed by atoms with Gasteiger partial charge in [0.05, 0.1) is 38.9 Å². The SMILES string of the molecule is COc1cncc(OC2CCN(C(=O)c3cc(-c4ccccc4OC)n[nH]3)C2)n1. The van der Waals surface area contributed by atoms with E-state index in [1.165, 1.54) is 19.5 Å². The van der Waals surface area contributed by atoms with Gasteiger partial charge in [-0.1, -0.05) is 12.1 Å². The highest BCUT2D eigenvalue weighted by molar-refractivity contribution is 5.93. The fourth-order valence-electron chi connectivity index (χ4n) is 3.26. The molecule has 2 aromatic heterocycles. The number of ether oxygens (including phenoxy) is 3. The second-order valence-corrected chi connectivity index (χ2v) is 6.55. The number of methoxy groups -OCH3 is 2. The fraction of sp³-hybridized carbons (Fsp3) is 0.300. The van der Waals surface area contributed by atoms with Gasteiger partial charge >= 0.3 is 0 Å². The maximum Gasteiger partial charge on any atom is 0.272 e. The number of carbonyl (C=O) groups excluding carboxylic acids is 1. The Morgan fingerprint density at radius 2 is 2.00 bits per heavy atom. The van der Waals surface area contributed by atoms with E-state index in [0.717, 1.165) is 5.56 Å². The summed E-state index contributed by atoms with van der Waals surface area (Å²) in [5.41, 5.74) is 1.90. The lowest BCUT2D eigenvalue weighted by molar-refractivity contribution is 0.0765. The quantitative estimate of drug-likeness (QED) is 0.682. The molecule has 0 radical (unpaired) electrons. The van der Waals surface area contributed by atoms with Gasteiger partial charge in [0.15, 0.2) is 0 Å². The molecule has 1 aromatic carbocycles. The van der Waals surface area contributed by atoms with Crippen molar-refractivity contribution in [3.8, 4) is 28.8 Å². The molecule has 150 valence electrons. The monoisotopic (exact) mass is 395 g/mol. The first-order valence-corrected chi connectivity index (χ1v) is 9.18. The molecule has 1 aliphatic heterocycles. The minimum Gasteiger partial charge on any atom is -0.496 e. The molecule has 4 rings (SSSR count). The van der Waals surface area contributed by atoms with Gasteiger partial charge in [0.25, 0.3) is 5.91 Å². The van der Waals surface area contributed by atoms with Crippen molar-refractivity contribution in [2.24, 2.45) is 0 Å². The Balaban J connectivity index is 1.42. The molecular weight excluding hydrogens is 374 g/mol. The third kappa shape index (κ3) is 3.98. The molecule has 1 aliphatic rings. The number of aromatic nitrogens is 4. The first kappa shape index (κ1) is 18.7. The Morgan fingerprint density at radius 1 is 1.17 bits per heavy atom. The minimum atomic E-state index is -0.156. The van der Waals surface area contributed by atoms with Crippen molar-refractivity contribution in [3.63, 3.8) is 0 Å². The molecule has 1 unspecified atom stereocenters. The van der Waals surface area contributed by atoms with E-state index in [1.54, 1.807) is 18.1 Å². The van der Waals surface area contributed by atoms with Crippen molar-refractivity contribution in [1.82, 2.24) is 25.1 Å². The zero-order chi connectivity index (χ0) is 20.2. The van der Waals surface area contributed by atoms with E-state index in [0.29, 0.717) is 48.4 Å². The Hall–Kier alpha value is -3.62. The largest absolute Gasteiger partial charge is 0.496 e. The molecule has 9 heteroatoms. The van der Waals surface area contributed by atoms with Gasteiger partial charge < -0.3 is 19.1 Å². The Kier molecular flexibility index (Phi) is 5.28. The van der Waals surface area contributed by atoms with Gasteiger partial charge in [-0.05, 0) is 18.2 Å². The summed E-state index contributed by atoms with van der Waals surface area (Å²) in [5.74, 6) is 1.34. The Bertz CT molecular complexity index is 1010. The lowest BCUT2D eigenvalue weighted by atomic mass is 10.1. The van der Waals surface area contributed by atoms with Crippen LogP contribution in [0.4, 0.5) is 0 Å². The van der Waals surface area contributed by atoms with Gasteiger partial charge in [-0.3, -0.25) is 14.9 Å². The average molecular weight is 395 g/mol. The van der Waals surface area contributed by atoms with E-state index in [9.17, 15) is 4.79 Å². The maximum atomic E-state index is 12.9. The van der Waals surface area contributed by atoms with Crippen molar-refractivity contribution in [2.45, 2.75) is 12.5 Å². The van der Waals surface area contributed by atoms with Crippen LogP contribution in [0, 0.1) is 0 Å². The fourth-order valence-corrected chi connectivity index (χ4v) is 3.26. The number of rotatable bonds is 6. The molecule has 9 nitrogen and oxygen atoms in total. The topological polar surface area (TPSA) is 102 Å². The number of carbonyl (C=O) groups is 1. The van der Waals surface area contributed by atoms with E-state index >= 15 is 0 Å². The van der Waals surface area contributed by atoms with Crippen LogP contribution in [-0.2, 0) is 0 Å². The molecule has 0 spiro atoms. The summed E-state index contributed by atoms with van der Waals surface area (Å²) in [6, 6.07) is 9.28. The summed E-state index contributed by atoms with van der Waals surface area (Å²) < 4.78 is 16.3. The minimum absolute atomic E-state index is 0.124. The second kappa shape index (κ2) is 8.17. The molecule has 29 heavy (non-hydrogen) atoms. The number of nitrogens with zero attached hydrogens (tertiary/aromatic N) is 4. The summed E-state index contributed by atoms with van der Waals surface area (Å²) in [6.07, 6.45) is 3.59. The van der Waals surface area contributed by atoms with Crippen LogP contribution in [-0.4, -0.2) is 64.4 Å². The summed E-state index contributed by atoms with van der Waals surface area (Å²) in [4.78, 5) is 22.8. The third-order valence-electron chi connectivity index (χ3n) is 4.71. The number of likely N-dealkylation sites (tertiary alicyclic amines) is 1. The Morgan fingerprint density at radius 3 is 2.83 bits per heavy atom. The number of hydrogen-bond donors (Lipinski definition) is 1. The summed E-state index contributed by atoms with van der Waals surface area (Å²) >= 11 is 0. The lowest BCUT2D eigenvalue weighted by Gasteiger charge is -2.16. The molecule has 0 saturated carbocycles. The maximum absolute atomic E-state index is 12.9. The van der Waals surface area contributed by atoms with Crippen LogP contribution in [0.5, 0.6) is 17.5 Å². The molecule has 1 atom stereocenters. The van der Waals surface area contributed by atoms with Crippen LogP contribution < -0.4 is 14.2 Å². The van der Waals surface area contributed by atoms with E-state index in [2.05, 4.69) is 20.2 Å². The van der Waals surface area contributed by atoms with E-state index in [-0.39, 0.29) is 12.0 Å². The van der Waals surface area contributed by atoms with Gasteiger partial charge in [-0.2, -0.15) is 10.1 Å². The molecule has 0 aliphatic carbocycles. The van der Waals surface area contributed by atoms with Crippen molar-refractivity contribution in [3.05, 3.63) is 48.4 Å². The number of H-pyrrole nitrogens is 1.